The normalized spacial score (nSPS) is 33.1. The SMILES string of the molecule is CC(=O)OC[C@H]1O[C@@H](O[C@H]2[C@H](OC(C)=O)[C@@H](OC(C)=O)[C@H](OC(C)=O)O[C@@H]2CO)[C@H](OC(C)=O)[C@@H](OC(C)=O)[C@@H]1O. The highest BCUT2D eigenvalue weighted by atomic mass is 16.8. The van der Waals surface area contributed by atoms with Gasteiger partial charge in [0.25, 0.3) is 0 Å². The number of ether oxygens (including phenoxy) is 9. The molecule has 2 fully saturated rings. The molecule has 17 nitrogen and oxygen atoms in total. The smallest absolute Gasteiger partial charge is 0.305 e. The summed E-state index contributed by atoms with van der Waals surface area (Å²) in [7, 11) is 0. The minimum absolute atomic E-state index is 0.552. The van der Waals surface area contributed by atoms with Crippen LogP contribution in [0.15, 0.2) is 0 Å². The molecule has 2 saturated heterocycles. The number of rotatable bonds is 10. The zero-order chi connectivity index (χ0) is 31.0. The van der Waals surface area contributed by atoms with Crippen LogP contribution in [-0.4, -0.2) is 121 Å². The van der Waals surface area contributed by atoms with Gasteiger partial charge in [0, 0.05) is 41.5 Å². The van der Waals surface area contributed by atoms with Gasteiger partial charge in [-0.2, -0.15) is 0 Å². The zero-order valence-electron chi connectivity index (χ0n) is 23.2. The van der Waals surface area contributed by atoms with E-state index in [1.807, 2.05) is 0 Å². The van der Waals surface area contributed by atoms with Gasteiger partial charge in [0.1, 0.15) is 31.0 Å². The summed E-state index contributed by atoms with van der Waals surface area (Å²) >= 11 is 0. The Balaban J connectivity index is 2.57. The Morgan fingerprint density at radius 3 is 1.46 bits per heavy atom. The Hall–Kier alpha value is -3.38. The largest absolute Gasteiger partial charge is 0.463 e. The molecule has 41 heavy (non-hydrogen) atoms. The van der Waals surface area contributed by atoms with Crippen LogP contribution in [0.1, 0.15) is 41.5 Å². The summed E-state index contributed by atoms with van der Waals surface area (Å²) in [4.78, 5) is 70.9. The van der Waals surface area contributed by atoms with Crippen molar-refractivity contribution >= 4 is 35.8 Å². The molecule has 2 heterocycles. The second-order valence-corrected chi connectivity index (χ2v) is 9.07. The molecule has 17 heteroatoms. The van der Waals surface area contributed by atoms with Crippen molar-refractivity contribution < 1.29 is 81.6 Å². The molecule has 0 radical (unpaired) electrons. The van der Waals surface area contributed by atoms with Crippen molar-refractivity contribution in [2.24, 2.45) is 0 Å². The van der Waals surface area contributed by atoms with Gasteiger partial charge < -0.3 is 52.8 Å². The predicted octanol–water partition coefficient (Wildman–Crippen LogP) is -1.97. The zero-order valence-corrected chi connectivity index (χ0v) is 23.2. The Bertz CT molecular complexity index is 981. The third-order valence-corrected chi connectivity index (χ3v) is 5.62. The van der Waals surface area contributed by atoms with E-state index in [4.69, 9.17) is 42.6 Å². The number of aliphatic hydroxyl groups is 2. The number of carbonyl (C=O) groups is 6. The fraction of sp³-hybridized carbons (Fsp3) is 0.750. The number of hydrogen-bond acceptors (Lipinski definition) is 17. The molecule has 2 N–H and O–H groups in total. The van der Waals surface area contributed by atoms with Gasteiger partial charge in [-0.05, 0) is 0 Å². The van der Waals surface area contributed by atoms with Gasteiger partial charge in [-0.1, -0.05) is 0 Å². The molecule has 2 rings (SSSR count). The monoisotopic (exact) mass is 594 g/mol. The second-order valence-electron chi connectivity index (χ2n) is 9.07. The van der Waals surface area contributed by atoms with E-state index in [2.05, 4.69) is 0 Å². The Morgan fingerprint density at radius 1 is 0.561 bits per heavy atom. The van der Waals surface area contributed by atoms with Crippen LogP contribution in [0.2, 0.25) is 0 Å². The highest BCUT2D eigenvalue weighted by Gasteiger charge is 2.56. The Morgan fingerprint density at radius 2 is 1.00 bits per heavy atom. The number of aliphatic hydroxyl groups excluding tert-OH is 2. The molecule has 0 bridgehead atoms. The first-order chi connectivity index (χ1) is 19.1. The van der Waals surface area contributed by atoms with Crippen LogP contribution >= 0.6 is 0 Å². The molecule has 232 valence electrons. The van der Waals surface area contributed by atoms with Crippen LogP contribution in [0, 0.1) is 0 Å². The summed E-state index contributed by atoms with van der Waals surface area (Å²) in [5, 5.41) is 20.9. The number of carbonyl (C=O) groups excluding carboxylic acids is 6. The minimum Gasteiger partial charge on any atom is -0.463 e. The summed E-state index contributed by atoms with van der Waals surface area (Å²) < 4.78 is 48.3. The van der Waals surface area contributed by atoms with Crippen LogP contribution in [0.5, 0.6) is 0 Å². The van der Waals surface area contributed by atoms with E-state index in [1.54, 1.807) is 0 Å². The number of hydrogen-bond donors (Lipinski definition) is 2. The molecule has 0 aromatic heterocycles. The molecule has 0 unspecified atom stereocenters. The third kappa shape index (κ3) is 9.60. The lowest BCUT2D eigenvalue weighted by molar-refractivity contribution is -0.357. The van der Waals surface area contributed by atoms with E-state index in [-0.39, 0.29) is 0 Å². The standard InChI is InChI=1S/C24H34O17/c1-9(26)33-8-16-17(32)19(34-10(2)27)21(36-12(4)29)24(40-16)41-18-15(7-25)39-23(38-14(6)31)22(37-13(5)30)20(18)35-11(3)28/h15-25,32H,7-8H2,1-6H3/t15-,16-,17-,18-,19+,20+,21-,22-,23-,24+/m1/s1. The van der Waals surface area contributed by atoms with Gasteiger partial charge in [-0.25, -0.2) is 0 Å². The average molecular weight is 595 g/mol. The van der Waals surface area contributed by atoms with Crippen molar-refractivity contribution in [1.29, 1.82) is 0 Å². The van der Waals surface area contributed by atoms with Crippen molar-refractivity contribution in [3.05, 3.63) is 0 Å². The van der Waals surface area contributed by atoms with Crippen LogP contribution in [0.3, 0.4) is 0 Å². The first-order valence-corrected chi connectivity index (χ1v) is 12.4. The van der Waals surface area contributed by atoms with E-state index in [0.717, 1.165) is 41.5 Å². The molecule has 0 amide bonds. The first-order valence-electron chi connectivity index (χ1n) is 12.4. The van der Waals surface area contributed by atoms with E-state index in [9.17, 15) is 39.0 Å². The lowest BCUT2D eigenvalue weighted by Gasteiger charge is -2.48. The molecule has 2 aliphatic rings. The second kappa shape index (κ2) is 15.0. The summed E-state index contributed by atoms with van der Waals surface area (Å²) in [6.45, 7) is 4.83. The fourth-order valence-corrected chi connectivity index (χ4v) is 4.23. The van der Waals surface area contributed by atoms with E-state index in [0.29, 0.717) is 0 Å². The van der Waals surface area contributed by atoms with Crippen LogP contribution in [0.25, 0.3) is 0 Å². The van der Waals surface area contributed by atoms with Gasteiger partial charge in [0.2, 0.25) is 12.4 Å². The maximum absolute atomic E-state index is 12.1. The van der Waals surface area contributed by atoms with Crippen molar-refractivity contribution in [2.75, 3.05) is 13.2 Å². The van der Waals surface area contributed by atoms with E-state index < -0.39 is 110 Å². The lowest BCUT2D eigenvalue weighted by Crippen LogP contribution is -2.67. The lowest BCUT2D eigenvalue weighted by atomic mass is 9.96. The topological polar surface area (TPSA) is 226 Å². The first kappa shape index (κ1) is 33.8. The highest BCUT2D eigenvalue weighted by Crippen LogP contribution is 2.34. The molecular formula is C24H34O17. The van der Waals surface area contributed by atoms with Crippen LogP contribution in [0.4, 0.5) is 0 Å². The highest BCUT2D eigenvalue weighted by molar-refractivity contribution is 5.69. The van der Waals surface area contributed by atoms with Gasteiger partial charge >= 0.3 is 35.8 Å². The maximum atomic E-state index is 12.1. The van der Waals surface area contributed by atoms with Crippen LogP contribution < -0.4 is 0 Å². The Labute approximate surface area is 234 Å². The third-order valence-electron chi connectivity index (χ3n) is 5.62. The predicted molar refractivity (Wildman–Crippen MR) is 126 cm³/mol. The maximum Gasteiger partial charge on any atom is 0.305 e. The molecular weight excluding hydrogens is 560 g/mol. The quantitative estimate of drug-likeness (QED) is 0.206. The summed E-state index contributed by atoms with van der Waals surface area (Å²) in [6, 6.07) is 0. The minimum atomic E-state index is -1.75. The molecule has 2 aliphatic heterocycles. The van der Waals surface area contributed by atoms with Crippen molar-refractivity contribution in [3.63, 3.8) is 0 Å². The fourth-order valence-electron chi connectivity index (χ4n) is 4.23. The van der Waals surface area contributed by atoms with Crippen LogP contribution in [-0.2, 0) is 71.4 Å². The van der Waals surface area contributed by atoms with Gasteiger partial charge in [-0.3, -0.25) is 28.8 Å². The van der Waals surface area contributed by atoms with Crippen molar-refractivity contribution in [3.8, 4) is 0 Å². The molecule has 0 aromatic rings. The molecule has 0 aliphatic carbocycles. The van der Waals surface area contributed by atoms with Crippen molar-refractivity contribution in [1.82, 2.24) is 0 Å². The number of esters is 6. The van der Waals surface area contributed by atoms with Gasteiger partial charge in [-0.15, -0.1) is 0 Å². The molecule has 0 spiro atoms. The molecule has 10 atom stereocenters. The summed E-state index contributed by atoms with van der Waals surface area (Å²) in [6.07, 6.45) is -16.0. The van der Waals surface area contributed by atoms with Crippen molar-refractivity contribution in [2.45, 2.75) is 103 Å². The molecule has 0 aromatic carbocycles. The summed E-state index contributed by atoms with van der Waals surface area (Å²) in [5.41, 5.74) is 0. The van der Waals surface area contributed by atoms with Gasteiger partial charge in [0.05, 0.1) is 6.61 Å². The van der Waals surface area contributed by atoms with Gasteiger partial charge in [0.15, 0.2) is 24.6 Å². The average Bonchev–Trinajstić information content (AvgIpc) is 2.83. The Kier molecular flexibility index (Phi) is 12.4. The summed E-state index contributed by atoms with van der Waals surface area (Å²) in [5.74, 6) is -5.17. The van der Waals surface area contributed by atoms with E-state index >= 15 is 0 Å². The molecule has 0 saturated carbocycles. The van der Waals surface area contributed by atoms with E-state index in [1.165, 1.54) is 0 Å².